The molecule has 168 valence electrons. The SMILES string of the molecule is Cc1nc(C)c(-c2csc(CC(=O)Cc3cccc(C(=O)N[C@@H](C)c4ccccc4)c3)n2)s1. The van der Waals surface area contributed by atoms with Gasteiger partial charge in [-0.1, -0.05) is 42.5 Å². The van der Waals surface area contributed by atoms with E-state index in [4.69, 9.17) is 0 Å². The Morgan fingerprint density at radius 2 is 1.79 bits per heavy atom. The number of hydrogen-bond donors (Lipinski definition) is 1. The summed E-state index contributed by atoms with van der Waals surface area (Å²) in [6.45, 7) is 5.92. The lowest BCUT2D eigenvalue weighted by Gasteiger charge is -2.14. The highest BCUT2D eigenvalue weighted by molar-refractivity contribution is 7.16. The van der Waals surface area contributed by atoms with Gasteiger partial charge in [-0.3, -0.25) is 9.59 Å². The van der Waals surface area contributed by atoms with E-state index in [-0.39, 0.29) is 30.6 Å². The molecule has 2 aromatic heterocycles. The van der Waals surface area contributed by atoms with Crippen molar-refractivity contribution in [3.05, 3.63) is 92.4 Å². The van der Waals surface area contributed by atoms with Crippen molar-refractivity contribution in [3.8, 4) is 10.6 Å². The molecule has 0 fully saturated rings. The molecule has 0 unspecified atom stereocenters. The Labute approximate surface area is 201 Å². The van der Waals surface area contributed by atoms with Gasteiger partial charge in [0, 0.05) is 17.4 Å². The van der Waals surface area contributed by atoms with Crippen LogP contribution in [0.25, 0.3) is 10.6 Å². The molecule has 0 aliphatic carbocycles. The first-order valence-electron chi connectivity index (χ1n) is 10.7. The number of hydrogen-bond acceptors (Lipinski definition) is 6. The molecule has 0 aliphatic rings. The second-order valence-corrected chi connectivity index (χ2v) is 10.1. The van der Waals surface area contributed by atoms with Gasteiger partial charge in [-0.25, -0.2) is 9.97 Å². The number of nitrogens with one attached hydrogen (secondary N) is 1. The zero-order chi connectivity index (χ0) is 23.4. The molecular weight excluding hydrogens is 450 g/mol. The number of aromatic nitrogens is 2. The Morgan fingerprint density at radius 3 is 2.52 bits per heavy atom. The van der Waals surface area contributed by atoms with E-state index in [9.17, 15) is 9.59 Å². The fourth-order valence-electron chi connectivity index (χ4n) is 3.65. The van der Waals surface area contributed by atoms with E-state index in [0.717, 1.165) is 37.4 Å². The van der Waals surface area contributed by atoms with Gasteiger partial charge in [-0.05, 0) is 44.0 Å². The summed E-state index contributed by atoms with van der Waals surface area (Å²) in [4.78, 5) is 35.6. The Balaban J connectivity index is 1.38. The molecule has 4 aromatic rings. The number of amides is 1. The summed E-state index contributed by atoms with van der Waals surface area (Å²) in [6.07, 6.45) is 0.548. The topological polar surface area (TPSA) is 72.0 Å². The summed E-state index contributed by atoms with van der Waals surface area (Å²) in [5.74, 6) is -0.0799. The third-order valence-corrected chi connectivity index (χ3v) is 7.22. The van der Waals surface area contributed by atoms with Crippen LogP contribution in [0.5, 0.6) is 0 Å². The van der Waals surface area contributed by atoms with E-state index in [2.05, 4.69) is 15.3 Å². The summed E-state index contributed by atoms with van der Waals surface area (Å²) >= 11 is 3.12. The van der Waals surface area contributed by atoms with E-state index in [1.807, 2.05) is 68.6 Å². The highest BCUT2D eigenvalue weighted by Crippen LogP contribution is 2.30. The predicted octanol–water partition coefficient (Wildman–Crippen LogP) is 5.73. The fraction of sp³-hybridized carbons (Fsp3) is 0.231. The lowest BCUT2D eigenvalue weighted by atomic mass is 10.0. The molecule has 0 spiro atoms. The maximum Gasteiger partial charge on any atom is 0.251 e. The number of Topliss-reactive ketones (excluding diaryl/α,β-unsaturated/α-hetero) is 1. The molecule has 0 bridgehead atoms. The molecule has 1 N–H and O–H groups in total. The molecule has 0 saturated carbocycles. The van der Waals surface area contributed by atoms with E-state index < -0.39 is 0 Å². The molecule has 0 saturated heterocycles. The highest BCUT2D eigenvalue weighted by Gasteiger charge is 2.15. The largest absolute Gasteiger partial charge is 0.346 e. The molecule has 1 amide bonds. The fourth-order valence-corrected chi connectivity index (χ4v) is 5.42. The normalized spacial score (nSPS) is 11.8. The summed E-state index contributed by atoms with van der Waals surface area (Å²) in [6, 6.07) is 17.0. The summed E-state index contributed by atoms with van der Waals surface area (Å²) in [5.41, 5.74) is 4.28. The number of benzene rings is 2. The molecule has 2 aromatic carbocycles. The van der Waals surface area contributed by atoms with Crippen LogP contribution >= 0.6 is 22.7 Å². The van der Waals surface area contributed by atoms with Gasteiger partial charge < -0.3 is 5.32 Å². The van der Waals surface area contributed by atoms with Gasteiger partial charge in [-0.15, -0.1) is 22.7 Å². The van der Waals surface area contributed by atoms with E-state index in [0.29, 0.717) is 5.56 Å². The van der Waals surface area contributed by atoms with Crippen LogP contribution in [0, 0.1) is 13.8 Å². The molecule has 0 radical (unpaired) electrons. The zero-order valence-electron chi connectivity index (χ0n) is 18.8. The molecule has 0 aliphatic heterocycles. The number of rotatable bonds is 8. The maximum atomic E-state index is 12.7. The monoisotopic (exact) mass is 475 g/mol. The van der Waals surface area contributed by atoms with Gasteiger partial charge in [0.05, 0.1) is 33.7 Å². The first-order valence-corrected chi connectivity index (χ1v) is 12.4. The van der Waals surface area contributed by atoms with E-state index in [1.54, 1.807) is 23.5 Å². The molecule has 7 heteroatoms. The predicted molar refractivity (Wildman–Crippen MR) is 134 cm³/mol. The van der Waals surface area contributed by atoms with Gasteiger partial charge in [-0.2, -0.15) is 0 Å². The average Bonchev–Trinajstić information content (AvgIpc) is 3.39. The van der Waals surface area contributed by atoms with E-state index in [1.165, 1.54) is 11.3 Å². The van der Waals surface area contributed by atoms with Crippen LogP contribution in [0.1, 0.15) is 50.2 Å². The zero-order valence-corrected chi connectivity index (χ0v) is 20.4. The van der Waals surface area contributed by atoms with Crippen LogP contribution in [0.2, 0.25) is 0 Å². The Kier molecular flexibility index (Phi) is 7.11. The Bertz CT molecular complexity index is 1280. The molecular formula is C26H25N3O2S2. The number of thiazole rings is 2. The Morgan fingerprint density at radius 1 is 1.00 bits per heavy atom. The van der Waals surface area contributed by atoms with Crippen molar-refractivity contribution in [2.45, 2.75) is 39.7 Å². The highest BCUT2D eigenvalue weighted by atomic mass is 32.1. The van der Waals surface area contributed by atoms with Crippen molar-refractivity contribution in [1.29, 1.82) is 0 Å². The van der Waals surface area contributed by atoms with Gasteiger partial charge in [0.2, 0.25) is 0 Å². The van der Waals surface area contributed by atoms with Crippen LogP contribution in [-0.4, -0.2) is 21.7 Å². The van der Waals surface area contributed by atoms with Gasteiger partial charge >= 0.3 is 0 Å². The van der Waals surface area contributed by atoms with Crippen LogP contribution in [0.15, 0.2) is 60.0 Å². The van der Waals surface area contributed by atoms with Crippen LogP contribution < -0.4 is 5.32 Å². The van der Waals surface area contributed by atoms with Crippen LogP contribution in [0.4, 0.5) is 0 Å². The van der Waals surface area contributed by atoms with Crippen molar-refractivity contribution < 1.29 is 9.59 Å². The van der Waals surface area contributed by atoms with Crippen molar-refractivity contribution >= 4 is 34.4 Å². The number of ketones is 1. The lowest BCUT2D eigenvalue weighted by molar-refractivity contribution is -0.117. The molecule has 5 nitrogen and oxygen atoms in total. The molecule has 4 rings (SSSR count). The summed E-state index contributed by atoms with van der Waals surface area (Å²) < 4.78 is 0. The van der Waals surface area contributed by atoms with Crippen molar-refractivity contribution in [3.63, 3.8) is 0 Å². The van der Waals surface area contributed by atoms with Crippen molar-refractivity contribution in [1.82, 2.24) is 15.3 Å². The minimum Gasteiger partial charge on any atom is -0.346 e. The quantitative estimate of drug-likeness (QED) is 0.353. The second-order valence-electron chi connectivity index (χ2n) is 7.97. The molecule has 33 heavy (non-hydrogen) atoms. The summed E-state index contributed by atoms with van der Waals surface area (Å²) in [5, 5.41) is 6.82. The molecule has 2 heterocycles. The first-order chi connectivity index (χ1) is 15.9. The average molecular weight is 476 g/mol. The first kappa shape index (κ1) is 23.0. The van der Waals surface area contributed by atoms with Gasteiger partial charge in [0.25, 0.3) is 5.91 Å². The smallest absolute Gasteiger partial charge is 0.251 e. The lowest BCUT2D eigenvalue weighted by Crippen LogP contribution is -2.26. The minimum atomic E-state index is -0.152. The molecule has 1 atom stereocenters. The standard InChI is InChI=1S/C26H25N3O2S2/c1-16(20-9-5-4-6-10-20)28-26(31)21-11-7-8-19(12-21)13-22(30)14-24-29-23(15-32-24)25-17(2)27-18(3)33-25/h4-12,15-16H,13-14H2,1-3H3,(H,28,31)/t16-/m0/s1. The van der Waals surface area contributed by atoms with Crippen LogP contribution in [0.3, 0.4) is 0 Å². The van der Waals surface area contributed by atoms with Gasteiger partial charge in [0.1, 0.15) is 10.8 Å². The number of carbonyl (C=O) groups is 2. The maximum absolute atomic E-state index is 12.7. The second kappa shape index (κ2) is 10.2. The minimum absolute atomic E-state index is 0.0725. The van der Waals surface area contributed by atoms with Crippen molar-refractivity contribution in [2.75, 3.05) is 0 Å². The van der Waals surface area contributed by atoms with Crippen LogP contribution in [-0.2, 0) is 17.6 Å². The Hall–Kier alpha value is -3.16. The number of nitrogens with zero attached hydrogens (tertiary/aromatic N) is 2. The number of aryl methyl sites for hydroxylation is 2. The third-order valence-electron chi connectivity index (χ3n) is 5.27. The summed E-state index contributed by atoms with van der Waals surface area (Å²) in [7, 11) is 0. The number of carbonyl (C=O) groups excluding carboxylic acids is 2. The van der Waals surface area contributed by atoms with Crippen molar-refractivity contribution in [2.24, 2.45) is 0 Å². The van der Waals surface area contributed by atoms with E-state index >= 15 is 0 Å². The van der Waals surface area contributed by atoms with Gasteiger partial charge in [0.15, 0.2) is 0 Å². The third kappa shape index (κ3) is 5.80.